The van der Waals surface area contributed by atoms with Crippen LogP contribution in [0, 0.1) is 13.8 Å². The summed E-state index contributed by atoms with van der Waals surface area (Å²) in [4.78, 5) is 2.39. The molecule has 0 aromatic heterocycles. The van der Waals surface area contributed by atoms with Gasteiger partial charge in [0, 0.05) is 37.6 Å². The maximum Gasteiger partial charge on any atom is 2.00 e. The smallest absolute Gasteiger partial charge is 1.00 e. The minimum atomic E-state index is 0. The van der Waals surface area contributed by atoms with Crippen molar-refractivity contribution >= 4 is 11.4 Å². The van der Waals surface area contributed by atoms with Crippen LogP contribution >= 0.6 is 0 Å². The first kappa shape index (κ1) is 32.6. The van der Waals surface area contributed by atoms with Gasteiger partial charge in [0.25, 0.3) is 0 Å². The van der Waals surface area contributed by atoms with E-state index in [1.54, 1.807) is 0 Å². The number of likely N-dealkylation sites (N-methyl/N-ethyl adjacent to an activating group) is 1. The van der Waals surface area contributed by atoms with Crippen LogP contribution in [0.25, 0.3) is 0 Å². The molecule has 0 unspecified atom stereocenters. The molecule has 2 aromatic rings. The Labute approximate surface area is 221 Å². The fraction of sp³-hybridized carbons (Fsp3) is 0.520. The van der Waals surface area contributed by atoms with E-state index >= 15 is 0 Å². The van der Waals surface area contributed by atoms with E-state index in [0.29, 0.717) is 11.8 Å². The standard InChI is InChI=1S/C25H39N3.2BrH.Co/c1-18(2)22-12-9-13-23(19(3)4)25(22)27-15-17-28(7)16-14-26-24-20(5)10-8-11-21(24)6;;;/h8-13,18-19,26-27H,14-17H2,1-7H3;2*1H;/q;;;+2/p-2. The molecule has 2 rings (SSSR count). The molecule has 6 heteroatoms. The van der Waals surface area contributed by atoms with Gasteiger partial charge in [-0.25, -0.2) is 0 Å². The maximum atomic E-state index is 3.74. The molecule has 1 radical (unpaired) electrons. The summed E-state index contributed by atoms with van der Waals surface area (Å²) >= 11 is 0. The molecule has 0 heterocycles. The fourth-order valence-corrected chi connectivity index (χ4v) is 3.70. The van der Waals surface area contributed by atoms with Crippen LogP contribution in [0.2, 0.25) is 0 Å². The number of rotatable bonds is 10. The molecule has 31 heavy (non-hydrogen) atoms. The van der Waals surface area contributed by atoms with Crippen molar-refractivity contribution in [3.63, 3.8) is 0 Å². The number of para-hydroxylation sites is 2. The Morgan fingerprint density at radius 2 is 1.10 bits per heavy atom. The topological polar surface area (TPSA) is 27.3 Å². The first-order valence-electron chi connectivity index (χ1n) is 10.7. The van der Waals surface area contributed by atoms with Gasteiger partial charge >= 0.3 is 16.8 Å². The number of hydrogen-bond acceptors (Lipinski definition) is 3. The molecule has 0 bridgehead atoms. The van der Waals surface area contributed by atoms with Crippen molar-refractivity contribution < 1.29 is 50.7 Å². The van der Waals surface area contributed by atoms with Crippen molar-refractivity contribution in [1.82, 2.24) is 4.90 Å². The fourth-order valence-electron chi connectivity index (χ4n) is 3.70. The molecule has 0 aliphatic rings. The summed E-state index contributed by atoms with van der Waals surface area (Å²) in [5, 5.41) is 7.35. The van der Waals surface area contributed by atoms with Gasteiger partial charge in [-0.05, 0) is 55.0 Å². The third kappa shape index (κ3) is 9.87. The van der Waals surface area contributed by atoms with Crippen molar-refractivity contribution in [1.29, 1.82) is 0 Å². The summed E-state index contributed by atoms with van der Waals surface area (Å²) in [5.74, 6) is 1.06. The van der Waals surface area contributed by atoms with E-state index in [4.69, 9.17) is 0 Å². The average Bonchev–Trinajstić information content (AvgIpc) is 2.63. The van der Waals surface area contributed by atoms with E-state index in [0.717, 1.165) is 26.2 Å². The monoisotopic (exact) mass is 598 g/mol. The van der Waals surface area contributed by atoms with E-state index in [2.05, 4.69) is 101 Å². The zero-order valence-corrected chi connectivity index (χ0v) is 24.2. The normalized spacial score (nSPS) is 10.4. The van der Waals surface area contributed by atoms with Crippen molar-refractivity contribution in [3.8, 4) is 0 Å². The Morgan fingerprint density at radius 1 is 0.710 bits per heavy atom. The third-order valence-electron chi connectivity index (χ3n) is 5.44. The van der Waals surface area contributed by atoms with Gasteiger partial charge in [-0.1, -0.05) is 64.1 Å². The van der Waals surface area contributed by atoms with Crippen LogP contribution in [0.4, 0.5) is 11.4 Å². The Balaban J connectivity index is 0. The predicted molar refractivity (Wildman–Crippen MR) is 125 cm³/mol. The molecule has 0 spiro atoms. The van der Waals surface area contributed by atoms with Crippen molar-refractivity contribution in [3.05, 3.63) is 58.7 Å². The van der Waals surface area contributed by atoms with E-state index in [1.807, 2.05) is 0 Å². The number of halogens is 2. The van der Waals surface area contributed by atoms with Gasteiger partial charge in [-0.15, -0.1) is 0 Å². The van der Waals surface area contributed by atoms with Gasteiger partial charge in [0.15, 0.2) is 0 Å². The number of hydrogen-bond donors (Lipinski definition) is 2. The second kappa shape index (κ2) is 16.1. The second-order valence-electron chi connectivity index (χ2n) is 8.54. The Kier molecular flexibility index (Phi) is 17.0. The Morgan fingerprint density at radius 3 is 1.52 bits per heavy atom. The summed E-state index contributed by atoms with van der Waals surface area (Å²) in [6.45, 7) is 17.4. The van der Waals surface area contributed by atoms with E-state index in [9.17, 15) is 0 Å². The van der Waals surface area contributed by atoms with Gasteiger partial charge in [0.1, 0.15) is 0 Å². The van der Waals surface area contributed by atoms with Gasteiger partial charge in [0.2, 0.25) is 0 Å². The zero-order chi connectivity index (χ0) is 20.7. The minimum absolute atomic E-state index is 0. The third-order valence-corrected chi connectivity index (χ3v) is 5.44. The minimum Gasteiger partial charge on any atom is -1.00 e. The molecule has 0 amide bonds. The first-order valence-corrected chi connectivity index (χ1v) is 10.7. The number of anilines is 2. The van der Waals surface area contributed by atoms with Crippen molar-refractivity contribution in [2.45, 2.75) is 53.4 Å². The molecule has 3 nitrogen and oxygen atoms in total. The van der Waals surface area contributed by atoms with Crippen LogP contribution in [0.5, 0.6) is 0 Å². The van der Waals surface area contributed by atoms with Crippen LogP contribution < -0.4 is 44.6 Å². The second-order valence-corrected chi connectivity index (χ2v) is 8.54. The molecule has 0 saturated carbocycles. The molecular weight excluding hydrogens is 561 g/mol. The van der Waals surface area contributed by atoms with Crippen molar-refractivity contribution in [2.24, 2.45) is 0 Å². The van der Waals surface area contributed by atoms with Crippen molar-refractivity contribution in [2.75, 3.05) is 43.9 Å². The summed E-state index contributed by atoms with van der Waals surface area (Å²) in [7, 11) is 2.20. The molecule has 0 saturated heterocycles. The van der Waals surface area contributed by atoms with E-state index < -0.39 is 0 Å². The average molecular weight is 600 g/mol. The molecule has 0 atom stereocenters. The molecular formula is C25H39Br2CoN3. The van der Waals surface area contributed by atoms with Gasteiger partial charge < -0.3 is 49.5 Å². The number of nitrogens with one attached hydrogen (secondary N) is 2. The molecule has 2 N–H and O–H groups in total. The zero-order valence-electron chi connectivity index (χ0n) is 20.0. The molecule has 0 aliphatic carbocycles. The predicted octanol–water partition coefficient (Wildman–Crippen LogP) is 0.0115. The first-order chi connectivity index (χ1) is 13.3. The van der Waals surface area contributed by atoms with Crippen LogP contribution in [0.15, 0.2) is 36.4 Å². The van der Waals surface area contributed by atoms with E-state index in [-0.39, 0.29) is 50.7 Å². The summed E-state index contributed by atoms with van der Waals surface area (Å²) in [5.41, 5.74) is 8.10. The SMILES string of the molecule is Cc1cccc(C)c1NCCN(C)CCNc1c(C(C)C)cccc1C(C)C.[Br-].[Br-].[Co+2]. The van der Waals surface area contributed by atoms with Gasteiger partial charge in [-0.3, -0.25) is 0 Å². The van der Waals surface area contributed by atoms with Crippen LogP contribution in [0.3, 0.4) is 0 Å². The number of aryl methyl sites for hydroxylation is 2. The quantitative estimate of drug-likeness (QED) is 0.403. The molecule has 177 valence electrons. The molecule has 0 fully saturated rings. The largest absolute Gasteiger partial charge is 2.00 e. The number of nitrogens with zero attached hydrogens (tertiary/aromatic N) is 1. The van der Waals surface area contributed by atoms with Gasteiger partial charge in [-0.2, -0.15) is 0 Å². The summed E-state index contributed by atoms with van der Waals surface area (Å²) in [6.07, 6.45) is 0. The Bertz CT molecular complexity index is 720. The Hall–Kier alpha value is -0.534. The summed E-state index contributed by atoms with van der Waals surface area (Å²) < 4.78 is 0. The summed E-state index contributed by atoms with van der Waals surface area (Å²) in [6, 6.07) is 13.2. The van der Waals surface area contributed by atoms with Gasteiger partial charge in [0.05, 0.1) is 0 Å². The molecule has 2 aromatic carbocycles. The van der Waals surface area contributed by atoms with Crippen LogP contribution in [-0.4, -0.2) is 38.1 Å². The maximum absolute atomic E-state index is 3.74. The molecule has 0 aliphatic heterocycles. The van der Waals surface area contributed by atoms with Crippen LogP contribution in [0.1, 0.15) is 61.8 Å². The van der Waals surface area contributed by atoms with E-state index in [1.165, 1.54) is 33.6 Å². The number of benzene rings is 2. The van der Waals surface area contributed by atoms with Crippen LogP contribution in [-0.2, 0) is 16.8 Å².